The molecule has 2 aromatic rings. The van der Waals surface area contributed by atoms with E-state index in [1.165, 1.54) is 24.4 Å². The van der Waals surface area contributed by atoms with Gasteiger partial charge in [0, 0.05) is 26.1 Å². The quantitative estimate of drug-likeness (QED) is 0.635. The molecule has 1 aromatic heterocycles. The van der Waals surface area contributed by atoms with E-state index >= 15 is 0 Å². The summed E-state index contributed by atoms with van der Waals surface area (Å²) in [5, 5.41) is 5.67. The number of anilines is 1. The van der Waals surface area contributed by atoms with Crippen LogP contribution < -0.4 is 10.6 Å². The SMILES string of the molecule is CN(C(=O)[C@@H]1CNC(=O)C1)C(c1ccc(NC2Cc3ccc(Cl)c(F)c3C2)cn1)C(F)(F)F. The second kappa shape index (κ2) is 8.81. The highest BCUT2D eigenvalue weighted by molar-refractivity contribution is 6.30. The number of aromatic nitrogens is 1. The number of hydrogen-bond donors (Lipinski definition) is 2. The van der Waals surface area contributed by atoms with Gasteiger partial charge in [-0.05, 0) is 42.2 Å². The van der Waals surface area contributed by atoms with Crippen molar-refractivity contribution in [2.45, 2.75) is 37.5 Å². The highest BCUT2D eigenvalue weighted by Crippen LogP contribution is 2.37. The van der Waals surface area contributed by atoms with Gasteiger partial charge in [-0.2, -0.15) is 13.2 Å². The van der Waals surface area contributed by atoms with Crippen LogP contribution in [0.4, 0.5) is 23.2 Å². The van der Waals surface area contributed by atoms with Crippen molar-refractivity contribution < 1.29 is 27.2 Å². The van der Waals surface area contributed by atoms with Gasteiger partial charge in [-0.15, -0.1) is 0 Å². The molecule has 0 bridgehead atoms. The van der Waals surface area contributed by atoms with Crippen LogP contribution in [0.3, 0.4) is 0 Å². The summed E-state index contributed by atoms with van der Waals surface area (Å²) in [6, 6.07) is 3.52. The standard InChI is InChI=1S/C22H21ClF4N4O2/c1-31(21(33)12-7-18(32)29-9-12)20(22(25,26)27)17-5-3-13(10-28-17)30-14-6-11-2-4-16(23)19(24)15(11)8-14/h2-5,10,12,14,20,30H,6-9H2,1H3,(H,29,32)/t12-,14?,20?/m0/s1. The van der Waals surface area contributed by atoms with Crippen LogP contribution in [0.5, 0.6) is 0 Å². The molecule has 2 heterocycles. The van der Waals surface area contributed by atoms with Crippen LogP contribution in [0.1, 0.15) is 29.3 Å². The van der Waals surface area contributed by atoms with E-state index in [2.05, 4.69) is 15.6 Å². The average molecular weight is 485 g/mol. The van der Waals surface area contributed by atoms with E-state index in [1.807, 2.05) is 0 Å². The number of benzene rings is 1. The summed E-state index contributed by atoms with van der Waals surface area (Å²) in [6.45, 7) is 0.0124. The number of pyridine rings is 1. The Morgan fingerprint density at radius 3 is 2.61 bits per heavy atom. The van der Waals surface area contributed by atoms with E-state index in [0.29, 0.717) is 29.0 Å². The Morgan fingerprint density at radius 2 is 2.00 bits per heavy atom. The molecule has 1 aliphatic carbocycles. The van der Waals surface area contributed by atoms with Crippen LogP contribution in [0, 0.1) is 11.7 Å². The van der Waals surface area contributed by atoms with E-state index in [1.54, 1.807) is 6.07 Å². The molecule has 1 fully saturated rings. The van der Waals surface area contributed by atoms with Gasteiger partial charge in [0.1, 0.15) is 5.82 Å². The summed E-state index contributed by atoms with van der Waals surface area (Å²) < 4.78 is 55.8. The van der Waals surface area contributed by atoms with E-state index in [9.17, 15) is 27.2 Å². The van der Waals surface area contributed by atoms with Gasteiger partial charge in [0.25, 0.3) is 0 Å². The Bertz CT molecular complexity index is 1080. The van der Waals surface area contributed by atoms with Gasteiger partial charge in [-0.3, -0.25) is 14.6 Å². The molecule has 0 spiro atoms. The third-order valence-electron chi connectivity index (χ3n) is 6.02. The van der Waals surface area contributed by atoms with Gasteiger partial charge in [-0.25, -0.2) is 4.39 Å². The minimum atomic E-state index is -4.76. The molecule has 1 saturated heterocycles. The van der Waals surface area contributed by atoms with Crippen LogP contribution in [-0.2, 0) is 22.4 Å². The molecule has 33 heavy (non-hydrogen) atoms. The molecule has 2 unspecified atom stereocenters. The Balaban J connectivity index is 1.47. The first-order valence-corrected chi connectivity index (χ1v) is 10.7. The fraction of sp³-hybridized carbons (Fsp3) is 0.409. The van der Waals surface area contributed by atoms with Crippen molar-refractivity contribution in [3.63, 3.8) is 0 Å². The number of amides is 2. The molecule has 1 aliphatic heterocycles. The van der Waals surface area contributed by atoms with E-state index < -0.39 is 29.9 Å². The lowest BCUT2D eigenvalue weighted by Crippen LogP contribution is -2.43. The lowest BCUT2D eigenvalue weighted by Gasteiger charge is -2.31. The van der Waals surface area contributed by atoms with Crippen LogP contribution >= 0.6 is 11.6 Å². The van der Waals surface area contributed by atoms with Crippen molar-refractivity contribution >= 4 is 29.1 Å². The summed E-state index contributed by atoms with van der Waals surface area (Å²) in [6.07, 6.45) is -2.70. The van der Waals surface area contributed by atoms with Crippen LogP contribution in [0.2, 0.25) is 5.02 Å². The Hall–Kier alpha value is -2.88. The van der Waals surface area contributed by atoms with E-state index in [-0.39, 0.29) is 35.6 Å². The molecular weight excluding hydrogens is 464 g/mol. The van der Waals surface area contributed by atoms with Crippen molar-refractivity contribution in [2.24, 2.45) is 5.92 Å². The fourth-order valence-electron chi connectivity index (χ4n) is 4.40. The number of halogens is 5. The molecule has 176 valence electrons. The molecule has 2 aliphatic rings. The van der Waals surface area contributed by atoms with Gasteiger partial charge in [-0.1, -0.05) is 17.7 Å². The number of nitrogens with zero attached hydrogens (tertiary/aromatic N) is 2. The molecule has 3 atom stereocenters. The number of carbonyl (C=O) groups is 2. The summed E-state index contributed by atoms with van der Waals surface area (Å²) >= 11 is 5.84. The third-order valence-corrected chi connectivity index (χ3v) is 6.31. The molecule has 0 saturated carbocycles. The molecule has 2 amide bonds. The number of nitrogens with one attached hydrogen (secondary N) is 2. The molecule has 1 aromatic carbocycles. The summed E-state index contributed by atoms with van der Waals surface area (Å²) in [7, 11) is 1.06. The van der Waals surface area contributed by atoms with Crippen molar-refractivity contribution in [3.05, 3.63) is 58.1 Å². The number of hydrogen-bond acceptors (Lipinski definition) is 4. The minimum absolute atomic E-state index is 0.0124. The Morgan fingerprint density at radius 1 is 1.24 bits per heavy atom. The van der Waals surface area contributed by atoms with Crippen molar-refractivity contribution in [3.8, 4) is 0 Å². The first-order valence-electron chi connectivity index (χ1n) is 10.3. The van der Waals surface area contributed by atoms with Crippen LogP contribution in [0.15, 0.2) is 30.5 Å². The zero-order chi connectivity index (χ0) is 23.9. The number of carbonyl (C=O) groups excluding carboxylic acids is 2. The second-order valence-electron chi connectivity index (χ2n) is 8.32. The highest BCUT2D eigenvalue weighted by Gasteiger charge is 2.47. The lowest BCUT2D eigenvalue weighted by atomic mass is 10.0. The normalized spacial score (nSPS) is 20.8. The predicted molar refractivity (Wildman–Crippen MR) is 113 cm³/mol. The smallest absolute Gasteiger partial charge is 0.380 e. The summed E-state index contributed by atoms with van der Waals surface area (Å²) in [5.74, 6) is -2.43. The van der Waals surface area contributed by atoms with Gasteiger partial charge in [0.15, 0.2) is 6.04 Å². The van der Waals surface area contributed by atoms with E-state index in [0.717, 1.165) is 12.6 Å². The minimum Gasteiger partial charge on any atom is -0.380 e. The van der Waals surface area contributed by atoms with Gasteiger partial charge in [0.2, 0.25) is 11.8 Å². The largest absolute Gasteiger partial charge is 0.414 e. The van der Waals surface area contributed by atoms with Crippen molar-refractivity contribution in [1.82, 2.24) is 15.2 Å². The number of rotatable bonds is 5. The molecule has 2 N–H and O–H groups in total. The van der Waals surface area contributed by atoms with Crippen LogP contribution in [0.25, 0.3) is 0 Å². The first kappa shape index (κ1) is 23.3. The molecule has 11 heteroatoms. The Labute approximate surface area is 192 Å². The molecule has 0 radical (unpaired) electrons. The van der Waals surface area contributed by atoms with Gasteiger partial charge in [0.05, 0.1) is 28.5 Å². The van der Waals surface area contributed by atoms with Gasteiger partial charge < -0.3 is 15.5 Å². The zero-order valence-corrected chi connectivity index (χ0v) is 18.3. The zero-order valence-electron chi connectivity index (χ0n) is 17.5. The van der Waals surface area contributed by atoms with Gasteiger partial charge >= 0.3 is 6.18 Å². The lowest BCUT2D eigenvalue weighted by molar-refractivity contribution is -0.191. The summed E-state index contributed by atoms with van der Waals surface area (Å²) in [4.78, 5) is 28.5. The first-order chi connectivity index (χ1) is 15.5. The average Bonchev–Trinajstić information content (AvgIpc) is 3.37. The van der Waals surface area contributed by atoms with E-state index in [4.69, 9.17) is 11.6 Å². The molecule has 6 nitrogen and oxygen atoms in total. The maximum Gasteiger partial charge on any atom is 0.414 e. The number of fused-ring (bicyclic) bond motifs is 1. The maximum absolute atomic E-state index is 14.2. The fourth-order valence-corrected chi connectivity index (χ4v) is 4.58. The number of alkyl halides is 3. The molecule has 4 rings (SSSR count). The predicted octanol–water partition coefficient (Wildman–Crippen LogP) is 3.65. The highest BCUT2D eigenvalue weighted by atomic mass is 35.5. The van der Waals surface area contributed by atoms with Crippen molar-refractivity contribution in [2.75, 3.05) is 18.9 Å². The second-order valence-corrected chi connectivity index (χ2v) is 8.73. The third kappa shape index (κ3) is 4.75. The van der Waals surface area contributed by atoms with Crippen molar-refractivity contribution in [1.29, 1.82) is 0 Å². The molecular formula is C22H21ClF4N4O2. The monoisotopic (exact) mass is 484 g/mol. The van der Waals surface area contributed by atoms with Crippen LogP contribution in [-0.4, -0.2) is 47.5 Å². The Kier molecular flexibility index (Phi) is 6.22. The topological polar surface area (TPSA) is 74.3 Å². The summed E-state index contributed by atoms with van der Waals surface area (Å²) in [5.41, 5.74) is 1.50. The maximum atomic E-state index is 14.2.